The maximum atomic E-state index is 10.8. The van der Waals surface area contributed by atoms with Gasteiger partial charge in [-0.15, -0.1) is 0 Å². The molecule has 0 aromatic heterocycles. The number of aldehydes is 1. The van der Waals surface area contributed by atoms with Crippen LogP contribution in [0.4, 0.5) is 0 Å². The third-order valence-corrected chi connectivity index (χ3v) is 5.52. The zero-order chi connectivity index (χ0) is 17.6. The Morgan fingerprint density at radius 1 is 1.16 bits per heavy atom. The molecule has 3 rings (SSSR count). The van der Waals surface area contributed by atoms with Crippen LogP contribution in [0, 0.1) is 0 Å². The molecule has 0 spiro atoms. The monoisotopic (exact) mass is 352 g/mol. The highest BCUT2D eigenvalue weighted by molar-refractivity contribution is 8.14. The van der Waals surface area contributed by atoms with Gasteiger partial charge in [0.2, 0.25) is 0 Å². The molecule has 2 aromatic rings. The molecule has 0 saturated carbocycles. The Kier molecular flexibility index (Phi) is 5.46. The first-order chi connectivity index (χ1) is 12.2. The van der Waals surface area contributed by atoms with Crippen molar-refractivity contribution in [3.05, 3.63) is 71.8 Å². The maximum absolute atomic E-state index is 10.8. The summed E-state index contributed by atoms with van der Waals surface area (Å²) >= 11 is 0. The lowest BCUT2D eigenvalue weighted by Crippen LogP contribution is -1.99. The average Bonchev–Trinajstić information content (AvgIpc) is 3.01. The zero-order valence-electron chi connectivity index (χ0n) is 14.3. The van der Waals surface area contributed by atoms with Gasteiger partial charge in [0.05, 0.1) is 5.71 Å². The quantitative estimate of drug-likeness (QED) is 0.447. The third-order valence-electron chi connectivity index (χ3n) is 3.65. The van der Waals surface area contributed by atoms with Crippen LogP contribution < -0.4 is 4.74 Å². The molecule has 0 radical (unpaired) electrons. The summed E-state index contributed by atoms with van der Waals surface area (Å²) in [4.78, 5) is 11.9. The minimum atomic E-state index is -0.244. The molecule has 1 atom stereocenters. The minimum absolute atomic E-state index is 0.244. The molecule has 1 aliphatic heterocycles. The number of allylic oxidation sites excluding steroid dienone is 2. The Bertz CT molecular complexity index is 840. The van der Waals surface area contributed by atoms with Crippen molar-refractivity contribution in [2.24, 2.45) is 5.10 Å². The van der Waals surface area contributed by atoms with E-state index < -0.39 is 0 Å². The maximum Gasteiger partial charge on any atom is 0.145 e. The van der Waals surface area contributed by atoms with Crippen molar-refractivity contribution in [2.75, 3.05) is 7.05 Å². The van der Waals surface area contributed by atoms with E-state index in [1.165, 1.54) is 0 Å². The third kappa shape index (κ3) is 4.45. The highest BCUT2D eigenvalue weighted by atomic mass is 32.2. The van der Waals surface area contributed by atoms with Crippen LogP contribution in [0.2, 0.25) is 0 Å². The van der Waals surface area contributed by atoms with Crippen LogP contribution in [0.3, 0.4) is 0 Å². The van der Waals surface area contributed by atoms with E-state index in [2.05, 4.69) is 22.6 Å². The van der Waals surface area contributed by atoms with Crippen molar-refractivity contribution in [3.63, 3.8) is 0 Å². The fraction of sp³-hybridized carbons (Fsp3) is 0.150. The average molecular weight is 352 g/mol. The summed E-state index contributed by atoms with van der Waals surface area (Å²) in [6, 6.07) is 18.2. The van der Waals surface area contributed by atoms with Gasteiger partial charge < -0.3 is 4.74 Å². The Morgan fingerprint density at radius 3 is 2.56 bits per heavy atom. The van der Waals surface area contributed by atoms with E-state index in [1.54, 1.807) is 13.0 Å². The molecule has 2 aromatic carbocycles. The minimum Gasteiger partial charge on any atom is -0.489 e. The first-order valence-electron chi connectivity index (χ1n) is 7.96. The predicted octanol–water partition coefficient (Wildman–Crippen LogP) is 4.06. The fourth-order valence-electron chi connectivity index (χ4n) is 2.39. The van der Waals surface area contributed by atoms with Crippen LogP contribution in [0.15, 0.2) is 76.2 Å². The van der Waals surface area contributed by atoms with Gasteiger partial charge in [-0.2, -0.15) is 5.10 Å². The Hall–Kier alpha value is -2.66. The largest absolute Gasteiger partial charge is 0.489 e. The number of rotatable bonds is 6. The van der Waals surface area contributed by atoms with E-state index in [9.17, 15) is 4.79 Å². The normalized spacial score (nSPS) is 17.0. The van der Waals surface area contributed by atoms with Gasteiger partial charge in [-0.05, 0) is 59.1 Å². The summed E-state index contributed by atoms with van der Waals surface area (Å²) < 4.78 is 7.75. The standard InChI is InChI=1S/C20H20N2O2S/c1-16(13-23)12-18-15-25(22(2)21-18)20-10-8-19(9-11-20)24-14-17-6-4-3-5-7-17/h3-13,15H,14H2,1-2H3. The molecule has 0 saturated heterocycles. The Balaban J connectivity index is 1.68. The lowest BCUT2D eigenvalue weighted by molar-refractivity contribution is -0.104. The lowest BCUT2D eigenvalue weighted by Gasteiger charge is -2.14. The highest BCUT2D eigenvalue weighted by Gasteiger charge is 2.13. The molecule has 128 valence electrons. The molecule has 1 unspecified atom stereocenters. The van der Waals surface area contributed by atoms with Gasteiger partial charge in [-0.1, -0.05) is 30.3 Å². The van der Waals surface area contributed by atoms with Crippen LogP contribution in [0.5, 0.6) is 5.75 Å². The van der Waals surface area contributed by atoms with E-state index in [1.807, 2.05) is 53.9 Å². The molecule has 4 nitrogen and oxygen atoms in total. The number of ether oxygens (including phenoxy) is 1. The molecular weight excluding hydrogens is 332 g/mol. The van der Waals surface area contributed by atoms with Gasteiger partial charge in [-0.25, -0.2) is 4.41 Å². The second-order valence-electron chi connectivity index (χ2n) is 5.67. The van der Waals surface area contributed by atoms with E-state index in [0.717, 1.165) is 28.2 Å². The molecule has 0 aliphatic carbocycles. The van der Waals surface area contributed by atoms with Gasteiger partial charge >= 0.3 is 0 Å². The molecule has 0 fully saturated rings. The molecule has 5 heteroatoms. The first-order valence-corrected chi connectivity index (χ1v) is 9.21. The summed E-state index contributed by atoms with van der Waals surface area (Å²) in [7, 11) is 1.70. The van der Waals surface area contributed by atoms with Gasteiger partial charge in [0, 0.05) is 17.3 Å². The summed E-state index contributed by atoms with van der Waals surface area (Å²) in [5, 5.41) is 6.55. The van der Waals surface area contributed by atoms with E-state index >= 15 is 0 Å². The Labute approximate surface area is 150 Å². The number of hydrazone groups is 1. The van der Waals surface area contributed by atoms with Crippen molar-refractivity contribution in [1.29, 1.82) is 0 Å². The Morgan fingerprint density at radius 2 is 1.88 bits per heavy atom. The van der Waals surface area contributed by atoms with Gasteiger partial charge in [0.1, 0.15) is 18.6 Å². The number of carbonyl (C=O) groups excluding carboxylic acids is 1. The number of carbonyl (C=O) groups is 1. The first kappa shape index (κ1) is 17.2. The second-order valence-corrected chi connectivity index (χ2v) is 7.54. The summed E-state index contributed by atoms with van der Waals surface area (Å²) in [6.45, 7) is 2.33. The van der Waals surface area contributed by atoms with Crippen LogP contribution in [-0.2, 0) is 11.4 Å². The van der Waals surface area contributed by atoms with E-state index in [0.29, 0.717) is 12.2 Å². The molecule has 0 N–H and O–H groups in total. The highest BCUT2D eigenvalue weighted by Crippen LogP contribution is 2.33. The summed E-state index contributed by atoms with van der Waals surface area (Å²) in [5.74, 6) is 0.843. The molecule has 1 heterocycles. The zero-order valence-corrected chi connectivity index (χ0v) is 15.1. The second kappa shape index (κ2) is 7.94. The number of hydrogen-bond donors (Lipinski definition) is 0. The van der Waals surface area contributed by atoms with Crippen molar-refractivity contribution in [1.82, 2.24) is 4.41 Å². The van der Waals surface area contributed by atoms with Crippen molar-refractivity contribution < 1.29 is 9.53 Å². The summed E-state index contributed by atoms with van der Waals surface area (Å²) in [6.07, 6.45) is 2.64. The lowest BCUT2D eigenvalue weighted by atomic mass is 10.2. The molecule has 0 bridgehead atoms. The smallest absolute Gasteiger partial charge is 0.145 e. The van der Waals surface area contributed by atoms with Crippen molar-refractivity contribution >= 4 is 28.0 Å². The van der Waals surface area contributed by atoms with Gasteiger partial charge in [-0.3, -0.25) is 4.79 Å². The predicted molar refractivity (Wildman–Crippen MR) is 104 cm³/mol. The molecule has 1 aliphatic rings. The van der Waals surface area contributed by atoms with Crippen molar-refractivity contribution in [2.45, 2.75) is 18.4 Å². The number of nitrogens with zero attached hydrogens (tertiary/aromatic N) is 2. The number of benzene rings is 2. The number of hydrogen-bond acceptors (Lipinski definition) is 4. The molecule has 25 heavy (non-hydrogen) atoms. The van der Waals surface area contributed by atoms with Crippen LogP contribution in [0.25, 0.3) is 0 Å². The van der Waals surface area contributed by atoms with Crippen LogP contribution in [-0.4, -0.2) is 28.8 Å². The van der Waals surface area contributed by atoms with Crippen LogP contribution in [0.1, 0.15) is 12.5 Å². The SMILES string of the molecule is CC(C=O)=CC1=NN(C)S(c2ccc(OCc3ccccc3)cc2)=C1. The van der Waals surface area contributed by atoms with Crippen LogP contribution >= 0.6 is 10.7 Å². The fourth-order valence-corrected chi connectivity index (χ4v) is 3.92. The van der Waals surface area contributed by atoms with Gasteiger partial charge in [0.25, 0.3) is 0 Å². The van der Waals surface area contributed by atoms with Gasteiger partial charge in [0.15, 0.2) is 0 Å². The van der Waals surface area contributed by atoms with E-state index in [-0.39, 0.29) is 10.7 Å². The molecular formula is C20H20N2O2S. The topological polar surface area (TPSA) is 41.9 Å². The van der Waals surface area contributed by atoms with Crippen molar-refractivity contribution in [3.8, 4) is 5.75 Å². The van der Waals surface area contributed by atoms with E-state index in [4.69, 9.17) is 4.74 Å². The summed E-state index contributed by atoms with van der Waals surface area (Å²) in [5.41, 5.74) is 2.63. The molecule has 0 amide bonds.